The van der Waals surface area contributed by atoms with Gasteiger partial charge in [-0.15, -0.1) is 6.58 Å². The Kier molecular flexibility index (Phi) is 10.9. The molecule has 36 heavy (non-hydrogen) atoms. The zero-order valence-electron chi connectivity index (χ0n) is 23.1. The molecule has 0 amide bonds. The van der Waals surface area contributed by atoms with Crippen molar-refractivity contribution in [1.82, 2.24) is 0 Å². The van der Waals surface area contributed by atoms with Crippen LogP contribution in [0.3, 0.4) is 0 Å². The second-order valence-electron chi connectivity index (χ2n) is 12.8. The van der Waals surface area contributed by atoms with Crippen LogP contribution in [0, 0.1) is 41.2 Å². The Labute approximate surface area is 220 Å². The van der Waals surface area contributed by atoms with E-state index in [4.69, 9.17) is 0 Å². The number of unbranched alkanes of at least 4 members (excludes halogenated alkanes) is 4. The maximum Gasteiger partial charge on any atom is 0.129 e. The van der Waals surface area contributed by atoms with E-state index < -0.39 is 11.6 Å². The normalized spacial score (nSPS) is 30.6. The quantitative estimate of drug-likeness (QED) is 0.198. The zero-order valence-corrected chi connectivity index (χ0v) is 23.1. The van der Waals surface area contributed by atoms with Gasteiger partial charge in [-0.2, -0.15) is 0 Å². The number of halogens is 2. The molecule has 3 saturated carbocycles. The standard InChI is InChI=1S/C34H52F2/c1-3-5-6-7-8-10-25-11-13-26(14-12-25)15-16-27-17-18-29-22-30(20-19-28(29)21-27)31-23-33(35)32(9-4-2)34(36)24-31/h4,23-30H,2-3,5-22H2,1H3. The SMILES string of the molecule is C=CCc1c(F)cc(C2CCC3CC(CCC4CCC(CCCCCCC)CC4)CCC3C2)cc1F. The molecule has 1 aromatic rings. The van der Waals surface area contributed by atoms with Crippen LogP contribution in [-0.4, -0.2) is 0 Å². The molecule has 2 heteroatoms. The summed E-state index contributed by atoms with van der Waals surface area (Å²) < 4.78 is 29.0. The van der Waals surface area contributed by atoms with Gasteiger partial charge in [0.25, 0.3) is 0 Å². The highest BCUT2D eigenvalue weighted by Gasteiger charge is 2.36. The van der Waals surface area contributed by atoms with Gasteiger partial charge in [0.1, 0.15) is 11.6 Å². The fourth-order valence-electron chi connectivity index (χ4n) is 8.07. The molecule has 0 heterocycles. The van der Waals surface area contributed by atoms with Crippen LogP contribution in [0.15, 0.2) is 24.8 Å². The molecule has 1 aromatic carbocycles. The Bertz CT molecular complexity index is 782. The van der Waals surface area contributed by atoms with Crippen LogP contribution in [0.4, 0.5) is 8.78 Å². The van der Waals surface area contributed by atoms with Crippen molar-refractivity contribution in [3.8, 4) is 0 Å². The Morgan fingerprint density at radius 2 is 1.31 bits per heavy atom. The van der Waals surface area contributed by atoms with E-state index in [-0.39, 0.29) is 12.0 Å². The first-order valence-electron chi connectivity index (χ1n) is 15.7. The molecule has 0 N–H and O–H groups in total. The minimum absolute atomic E-state index is 0.166. The molecule has 0 aliphatic heterocycles. The van der Waals surface area contributed by atoms with E-state index in [1.165, 1.54) is 103 Å². The molecule has 3 fully saturated rings. The fourth-order valence-corrected chi connectivity index (χ4v) is 8.07. The van der Waals surface area contributed by atoms with Crippen molar-refractivity contribution >= 4 is 0 Å². The topological polar surface area (TPSA) is 0 Å². The molecule has 4 atom stereocenters. The molecule has 202 valence electrons. The summed E-state index contributed by atoms with van der Waals surface area (Å²) in [6.45, 7) is 5.93. The minimum atomic E-state index is -0.392. The van der Waals surface area contributed by atoms with Crippen LogP contribution in [0.2, 0.25) is 0 Å². The van der Waals surface area contributed by atoms with Crippen molar-refractivity contribution < 1.29 is 8.78 Å². The van der Waals surface area contributed by atoms with Crippen molar-refractivity contribution in [3.63, 3.8) is 0 Å². The molecule has 4 unspecified atom stereocenters. The Balaban J connectivity index is 1.16. The third-order valence-electron chi connectivity index (χ3n) is 10.4. The molecule has 3 aliphatic carbocycles. The van der Waals surface area contributed by atoms with E-state index in [0.29, 0.717) is 5.92 Å². The summed E-state index contributed by atoms with van der Waals surface area (Å²) in [6, 6.07) is 3.22. The van der Waals surface area contributed by atoms with E-state index in [1.807, 2.05) is 0 Å². The second-order valence-corrected chi connectivity index (χ2v) is 12.8. The van der Waals surface area contributed by atoms with Gasteiger partial charge in [0.2, 0.25) is 0 Å². The van der Waals surface area contributed by atoms with Gasteiger partial charge in [-0.25, -0.2) is 8.78 Å². The molecule has 0 nitrogen and oxygen atoms in total. The molecule has 4 rings (SSSR count). The fraction of sp³-hybridized carbons (Fsp3) is 0.765. The predicted molar refractivity (Wildman–Crippen MR) is 149 cm³/mol. The highest BCUT2D eigenvalue weighted by Crippen LogP contribution is 2.49. The van der Waals surface area contributed by atoms with E-state index in [0.717, 1.165) is 48.0 Å². The molecular weight excluding hydrogens is 446 g/mol. The summed E-state index contributed by atoms with van der Waals surface area (Å²) in [5.74, 6) is 4.08. The molecular formula is C34H52F2. The van der Waals surface area contributed by atoms with Gasteiger partial charge in [0, 0.05) is 5.56 Å². The minimum Gasteiger partial charge on any atom is -0.207 e. The van der Waals surface area contributed by atoms with Gasteiger partial charge in [-0.1, -0.05) is 96.5 Å². The summed E-state index contributed by atoms with van der Waals surface area (Å²) in [6.07, 6.45) is 26.9. The first-order valence-corrected chi connectivity index (χ1v) is 15.7. The number of fused-ring (bicyclic) bond motifs is 1. The van der Waals surface area contributed by atoms with Gasteiger partial charge >= 0.3 is 0 Å². The van der Waals surface area contributed by atoms with Crippen LogP contribution in [0.25, 0.3) is 0 Å². The zero-order chi connectivity index (χ0) is 25.3. The predicted octanol–water partition coefficient (Wildman–Crippen LogP) is 10.9. The van der Waals surface area contributed by atoms with Crippen LogP contribution >= 0.6 is 0 Å². The summed E-state index contributed by atoms with van der Waals surface area (Å²) in [5.41, 5.74) is 1.05. The first kappa shape index (κ1) is 27.8. The highest BCUT2D eigenvalue weighted by molar-refractivity contribution is 5.30. The lowest BCUT2D eigenvalue weighted by Crippen LogP contribution is -2.31. The summed E-state index contributed by atoms with van der Waals surface area (Å²) in [4.78, 5) is 0. The first-order chi connectivity index (χ1) is 17.6. The lowest BCUT2D eigenvalue weighted by molar-refractivity contribution is 0.108. The lowest BCUT2D eigenvalue weighted by Gasteiger charge is -2.43. The third kappa shape index (κ3) is 7.67. The molecule has 0 aromatic heterocycles. The van der Waals surface area contributed by atoms with Crippen LogP contribution in [0.1, 0.15) is 140 Å². The Morgan fingerprint density at radius 1 is 0.722 bits per heavy atom. The van der Waals surface area contributed by atoms with Gasteiger partial charge in [-0.3, -0.25) is 0 Å². The molecule has 0 bridgehead atoms. The van der Waals surface area contributed by atoms with Crippen molar-refractivity contribution in [2.45, 2.75) is 135 Å². The number of allylic oxidation sites excluding steroid dienone is 1. The molecule has 0 spiro atoms. The molecule has 0 radical (unpaired) electrons. The van der Waals surface area contributed by atoms with Crippen LogP contribution in [-0.2, 0) is 6.42 Å². The van der Waals surface area contributed by atoms with Gasteiger partial charge in [-0.05, 0) is 91.7 Å². The smallest absolute Gasteiger partial charge is 0.129 e. The number of hydrogen-bond acceptors (Lipinski definition) is 0. The molecule has 3 aliphatic rings. The van der Waals surface area contributed by atoms with E-state index in [1.54, 1.807) is 18.2 Å². The van der Waals surface area contributed by atoms with Gasteiger partial charge in [0.05, 0.1) is 0 Å². The Morgan fingerprint density at radius 3 is 2.00 bits per heavy atom. The summed E-state index contributed by atoms with van der Waals surface area (Å²) in [7, 11) is 0. The average Bonchev–Trinajstić information content (AvgIpc) is 2.89. The van der Waals surface area contributed by atoms with Crippen LogP contribution < -0.4 is 0 Å². The maximum absolute atomic E-state index is 14.5. The highest BCUT2D eigenvalue weighted by atomic mass is 19.1. The largest absolute Gasteiger partial charge is 0.207 e. The third-order valence-corrected chi connectivity index (χ3v) is 10.4. The second kappa shape index (κ2) is 14.1. The maximum atomic E-state index is 14.5. The van der Waals surface area contributed by atoms with E-state index in [2.05, 4.69) is 13.5 Å². The summed E-state index contributed by atoms with van der Waals surface area (Å²) >= 11 is 0. The van der Waals surface area contributed by atoms with Crippen LogP contribution in [0.5, 0.6) is 0 Å². The molecule has 0 saturated heterocycles. The van der Waals surface area contributed by atoms with Crippen molar-refractivity contribution in [3.05, 3.63) is 47.5 Å². The number of hydrogen-bond donors (Lipinski definition) is 0. The summed E-state index contributed by atoms with van der Waals surface area (Å²) in [5, 5.41) is 0. The van der Waals surface area contributed by atoms with Crippen molar-refractivity contribution in [2.75, 3.05) is 0 Å². The van der Waals surface area contributed by atoms with Crippen molar-refractivity contribution in [2.24, 2.45) is 29.6 Å². The van der Waals surface area contributed by atoms with Gasteiger partial charge in [0.15, 0.2) is 0 Å². The van der Waals surface area contributed by atoms with Gasteiger partial charge < -0.3 is 0 Å². The van der Waals surface area contributed by atoms with E-state index in [9.17, 15) is 8.78 Å². The monoisotopic (exact) mass is 498 g/mol. The average molecular weight is 499 g/mol. The van der Waals surface area contributed by atoms with Crippen molar-refractivity contribution in [1.29, 1.82) is 0 Å². The number of rotatable bonds is 12. The number of benzene rings is 1. The van der Waals surface area contributed by atoms with E-state index >= 15 is 0 Å². The lowest BCUT2D eigenvalue weighted by atomic mass is 9.63. The Hall–Kier alpha value is -1.18.